The average molecular weight is 596 g/mol. The van der Waals surface area contributed by atoms with E-state index in [-0.39, 0.29) is 24.4 Å². The molecule has 0 rings (SSSR count). The van der Waals surface area contributed by atoms with E-state index in [0.29, 0.717) is 0 Å². The van der Waals surface area contributed by atoms with Crippen LogP contribution in [0.15, 0.2) is 0 Å². The summed E-state index contributed by atoms with van der Waals surface area (Å²) in [6.45, 7) is 14.0. The van der Waals surface area contributed by atoms with Gasteiger partial charge in [0.2, 0.25) is 0 Å². The molecule has 23 heavy (non-hydrogen) atoms. The smallest absolute Gasteiger partial charge is 0.304 e. The maximum atomic E-state index is 13.5. The van der Waals surface area contributed by atoms with E-state index in [0.717, 1.165) is 0 Å². The first-order valence-electron chi connectivity index (χ1n) is 7.48. The van der Waals surface area contributed by atoms with Gasteiger partial charge >= 0.3 is 15.2 Å². The number of halogens is 2. The number of rotatable bonds is 10. The van der Waals surface area contributed by atoms with E-state index in [1.165, 1.54) is 0 Å². The van der Waals surface area contributed by atoms with Crippen molar-refractivity contribution in [3.63, 3.8) is 0 Å². The molecule has 0 radical (unpaired) electrons. The van der Waals surface area contributed by atoms with Crippen LogP contribution < -0.4 is 0 Å². The highest BCUT2D eigenvalue weighted by atomic mass is 127. The van der Waals surface area contributed by atoms with Crippen molar-refractivity contribution in [3.8, 4) is 0 Å². The number of alkyl halides is 2. The normalized spacial score (nSPS) is 14.5. The molecule has 0 aromatic carbocycles. The Hall–Kier alpha value is 1.76. The van der Waals surface area contributed by atoms with Crippen LogP contribution in [0.4, 0.5) is 0 Å². The standard InChI is InChI=1S/C13H28I2O6P2/c1-9(2)18-22(16,19-10(3)4)13(14,15)23(17,20-11(5)6)21-12(7)8/h9-12H,1-8H3. The van der Waals surface area contributed by atoms with E-state index in [2.05, 4.69) is 0 Å². The maximum Gasteiger partial charge on any atom is 0.369 e. The Kier molecular flexibility index (Phi) is 10.4. The zero-order valence-electron chi connectivity index (χ0n) is 14.9. The molecule has 0 aliphatic heterocycles. The highest BCUT2D eigenvalue weighted by Gasteiger charge is 2.64. The second-order valence-corrected chi connectivity index (χ2v) is 19.4. The van der Waals surface area contributed by atoms with Gasteiger partial charge in [0.15, 0.2) is 0 Å². The van der Waals surface area contributed by atoms with Crippen molar-refractivity contribution >= 4 is 60.4 Å². The molecule has 6 nitrogen and oxygen atoms in total. The van der Waals surface area contributed by atoms with Crippen molar-refractivity contribution in [2.45, 2.75) is 80.7 Å². The number of hydrogen-bond acceptors (Lipinski definition) is 6. The molecule has 0 aliphatic carbocycles. The summed E-state index contributed by atoms with van der Waals surface area (Å²) in [5, 5.41) is 0. The van der Waals surface area contributed by atoms with Gasteiger partial charge < -0.3 is 18.1 Å². The van der Waals surface area contributed by atoms with Gasteiger partial charge in [0.25, 0.3) is 0.911 Å². The quantitative estimate of drug-likeness (QED) is 0.162. The summed E-state index contributed by atoms with van der Waals surface area (Å²) in [4.78, 5) is 0. The van der Waals surface area contributed by atoms with Crippen molar-refractivity contribution in [1.82, 2.24) is 0 Å². The number of hydrogen-bond donors (Lipinski definition) is 0. The molecule has 0 aromatic rings. The second-order valence-electron chi connectivity index (χ2n) is 6.12. The van der Waals surface area contributed by atoms with Crippen LogP contribution in [0.2, 0.25) is 0 Å². The molecule has 0 saturated heterocycles. The van der Waals surface area contributed by atoms with Gasteiger partial charge in [0.05, 0.1) is 24.4 Å². The van der Waals surface area contributed by atoms with Crippen molar-refractivity contribution in [3.05, 3.63) is 0 Å². The van der Waals surface area contributed by atoms with Crippen molar-refractivity contribution in [2.24, 2.45) is 0 Å². The average Bonchev–Trinajstić information content (AvgIpc) is 2.22. The van der Waals surface area contributed by atoms with E-state index in [9.17, 15) is 9.13 Å². The molecule has 0 heterocycles. The Balaban J connectivity index is 6.02. The SMILES string of the molecule is CC(C)OP(=O)(OC(C)C)C(I)(I)P(=O)(OC(C)C)OC(C)C. The minimum Gasteiger partial charge on any atom is -0.304 e. The molecule has 0 aliphatic rings. The van der Waals surface area contributed by atoms with Crippen molar-refractivity contribution in [1.29, 1.82) is 0 Å². The third kappa shape index (κ3) is 7.12. The third-order valence-electron chi connectivity index (χ3n) is 2.06. The zero-order valence-corrected chi connectivity index (χ0v) is 21.0. The molecule has 0 bridgehead atoms. The summed E-state index contributed by atoms with van der Waals surface area (Å²) in [7, 11) is -7.62. The molecule has 0 saturated carbocycles. The van der Waals surface area contributed by atoms with Crippen LogP contribution in [0.25, 0.3) is 0 Å². The summed E-state index contributed by atoms with van der Waals surface area (Å²) in [6.07, 6.45) is -1.46. The molecule has 0 spiro atoms. The lowest BCUT2D eigenvalue weighted by atomic mass is 10.5. The zero-order chi connectivity index (χ0) is 18.6. The van der Waals surface area contributed by atoms with E-state index in [4.69, 9.17) is 18.1 Å². The molecule has 140 valence electrons. The maximum absolute atomic E-state index is 13.5. The highest BCUT2D eigenvalue weighted by Crippen LogP contribution is 2.84. The predicted molar refractivity (Wildman–Crippen MR) is 111 cm³/mol. The fourth-order valence-corrected chi connectivity index (χ4v) is 8.89. The van der Waals surface area contributed by atoms with Gasteiger partial charge in [-0.25, -0.2) is 0 Å². The second kappa shape index (κ2) is 9.62. The monoisotopic (exact) mass is 596 g/mol. The molecule has 0 atom stereocenters. The predicted octanol–water partition coefficient (Wildman–Crippen LogP) is 6.55. The lowest BCUT2D eigenvalue weighted by molar-refractivity contribution is 0.129. The van der Waals surface area contributed by atoms with Crippen molar-refractivity contribution in [2.75, 3.05) is 0 Å². The first-order valence-corrected chi connectivity index (χ1v) is 12.7. The molecular weight excluding hydrogens is 568 g/mol. The largest absolute Gasteiger partial charge is 0.369 e. The summed E-state index contributed by atoms with van der Waals surface area (Å²) in [5.74, 6) is 0. The Bertz CT molecular complexity index is 397. The van der Waals surface area contributed by atoms with Gasteiger partial charge in [-0.2, -0.15) is 0 Å². The van der Waals surface area contributed by atoms with Crippen LogP contribution >= 0.6 is 60.4 Å². The van der Waals surface area contributed by atoms with E-state index < -0.39 is 16.1 Å². The molecule has 0 aromatic heterocycles. The summed E-state index contributed by atoms with van der Waals surface area (Å²) in [6, 6.07) is 0. The molecular formula is C13H28I2O6P2. The van der Waals surface area contributed by atoms with Crippen LogP contribution in [0.1, 0.15) is 55.4 Å². The van der Waals surface area contributed by atoms with E-state index in [1.54, 1.807) is 55.4 Å². The lowest BCUT2D eigenvalue weighted by Gasteiger charge is -2.37. The minimum atomic E-state index is -3.81. The Labute approximate surface area is 167 Å². The fraction of sp³-hybridized carbons (Fsp3) is 1.00. The minimum absolute atomic E-state index is 0.366. The molecule has 0 unspecified atom stereocenters. The summed E-state index contributed by atoms with van der Waals surface area (Å²) in [5.41, 5.74) is 0. The Morgan fingerprint density at radius 2 is 0.783 bits per heavy atom. The topological polar surface area (TPSA) is 71.1 Å². The van der Waals surface area contributed by atoms with Gasteiger partial charge in [-0.3, -0.25) is 9.13 Å². The first kappa shape index (κ1) is 24.8. The van der Waals surface area contributed by atoms with Crippen LogP contribution in [0.3, 0.4) is 0 Å². The van der Waals surface area contributed by atoms with Crippen LogP contribution in [-0.4, -0.2) is 25.3 Å². The van der Waals surface area contributed by atoms with E-state index in [1.807, 2.05) is 45.2 Å². The first-order chi connectivity index (χ1) is 10.2. The lowest BCUT2D eigenvalue weighted by Crippen LogP contribution is -2.25. The van der Waals surface area contributed by atoms with Crippen molar-refractivity contribution < 1.29 is 27.2 Å². The van der Waals surface area contributed by atoms with Crippen LogP contribution in [0, 0.1) is 0 Å². The summed E-state index contributed by atoms with van der Waals surface area (Å²) < 4.78 is 47.9. The third-order valence-corrected chi connectivity index (χ3v) is 14.7. The molecule has 10 heteroatoms. The van der Waals surface area contributed by atoms with Gasteiger partial charge in [-0.1, -0.05) is 0 Å². The van der Waals surface area contributed by atoms with Gasteiger partial charge in [0, 0.05) is 0 Å². The Morgan fingerprint density at radius 1 is 0.609 bits per heavy atom. The van der Waals surface area contributed by atoms with Gasteiger partial charge in [-0.05, 0) is 101 Å². The molecule has 0 amide bonds. The van der Waals surface area contributed by atoms with E-state index >= 15 is 0 Å². The highest BCUT2D eigenvalue weighted by molar-refractivity contribution is 14.2. The summed E-state index contributed by atoms with van der Waals surface area (Å²) >= 11 is 3.65. The van der Waals surface area contributed by atoms with Crippen LogP contribution in [0.5, 0.6) is 0 Å². The molecule has 0 fully saturated rings. The van der Waals surface area contributed by atoms with Crippen LogP contribution in [-0.2, 0) is 27.2 Å². The fourth-order valence-electron chi connectivity index (χ4n) is 1.56. The Morgan fingerprint density at radius 3 is 0.913 bits per heavy atom. The van der Waals surface area contributed by atoms with Gasteiger partial charge in [-0.15, -0.1) is 0 Å². The molecule has 0 N–H and O–H groups in total. The van der Waals surface area contributed by atoms with Gasteiger partial charge in [0.1, 0.15) is 0 Å².